The quantitative estimate of drug-likeness (QED) is 0.0906. The number of phenolic OH excluding ortho intramolecular Hbond substituents is 1. The molecule has 59 heavy (non-hydrogen) atoms. The third kappa shape index (κ3) is 5.95. The minimum absolute atomic E-state index is 0.0621. The number of anilines is 2. The molecular formula is C47H37Cl2N3O7. The molecule has 2 heterocycles. The van der Waals surface area contributed by atoms with Crippen molar-refractivity contribution in [2.45, 2.75) is 31.1 Å². The molecule has 2 saturated heterocycles. The molecule has 0 aromatic heterocycles. The SMILES string of the molecule is COc1ccc([C@@]23C(=O)N(Nc4ccc(Cl)cc4Cl)C(=O)[C@@H]2C[C@@H]2C(=CC[C@@H]4C(=O)N(c5ccc(C(=O)c6ccccc6)cc5)C(=O)[C@@H]42)[C@@H]3c2ccc(O)c(C)c2)cc1. The molecule has 2 N–H and O–H groups in total. The number of ketones is 1. The lowest BCUT2D eigenvalue weighted by molar-refractivity contribution is -0.138. The molecule has 6 atom stereocenters. The molecule has 1 saturated carbocycles. The summed E-state index contributed by atoms with van der Waals surface area (Å²) in [6.07, 6.45) is 2.28. The number of aromatic hydroxyl groups is 1. The normalized spacial score (nSPS) is 24.7. The number of benzene rings is 5. The Morgan fingerprint density at radius 1 is 0.814 bits per heavy atom. The van der Waals surface area contributed by atoms with E-state index in [9.17, 15) is 19.5 Å². The Kier molecular flexibility index (Phi) is 9.44. The maximum atomic E-state index is 15.5. The largest absolute Gasteiger partial charge is 0.508 e. The van der Waals surface area contributed by atoms with E-state index in [-0.39, 0.29) is 35.3 Å². The number of nitrogens with one attached hydrogen (secondary N) is 1. The Bertz CT molecular complexity index is 2610. The first-order valence-corrected chi connectivity index (χ1v) is 20.0. The van der Waals surface area contributed by atoms with Crippen LogP contribution in [0.25, 0.3) is 0 Å². The third-order valence-corrected chi connectivity index (χ3v) is 13.1. The molecule has 12 heteroatoms. The minimum Gasteiger partial charge on any atom is -0.508 e. The number of hydrazine groups is 1. The van der Waals surface area contributed by atoms with Crippen LogP contribution >= 0.6 is 23.2 Å². The first-order chi connectivity index (χ1) is 28.4. The van der Waals surface area contributed by atoms with Gasteiger partial charge >= 0.3 is 0 Å². The number of carbonyl (C=O) groups is 5. The van der Waals surface area contributed by atoms with Gasteiger partial charge in [-0.1, -0.05) is 89.4 Å². The summed E-state index contributed by atoms with van der Waals surface area (Å²) in [5.74, 6) is -5.36. The van der Waals surface area contributed by atoms with E-state index in [1.165, 1.54) is 11.0 Å². The van der Waals surface area contributed by atoms with E-state index in [1.807, 2.05) is 18.2 Å². The number of allylic oxidation sites excluding steroid dienone is 2. The number of methoxy groups -OCH3 is 1. The van der Waals surface area contributed by atoms with Crippen LogP contribution in [-0.2, 0) is 24.6 Å². The van der Waals surface area contributed by atoms with Gasteiger partial charge in [-0.25, -0.2) is 0 Å². The molecule has 5 aromatic carbocycles. The molecule has 0 unspecified atom stereocenters. The number of hydrogen-bond acceptors (Lipinski definition) is 8. The summed E-state index contributed by atoms with van der Waals surface area (Å²) in [5, 5.41) is 12.3. The van der Waals surface area contributed by atoms with Crippen LogP contribution in [0.4, 0.5) is 11.4 Å². The maximum Gasteiger partial charge on any atom is 0.260 e. The molecule has 2 aliphatic carbocycles. The lowest BCUT2D eigenvalue weighted by Crippen LogP contribution is -2.53. The molecule has 0 radical (unpaired) electrons. The molecule has 3 fully saturated rings. The van der Waals surface area contributed by atoms with Crippen molar-refractivity contribution in [3.05, 3.63) is 165 Å². The van der Waals surface area contributed by atoms with Gasteiger partial charge in [-0.15, -0.1) is 0 Å². The number of fused-ring (bicyclic) bond motifs is 4. The number of hydrogen-bond donors (Lipinski definition) is 2. The smallest absolute Gasteiger partial charge is 0.260 e. The van der Waals surface area contributed by atoms with Crippen molar-refractivity contribution < 1.29 is 33.8 Å². The van der Waals surface area contributed by atoms with Gasteiger partial charge in [0.1, 0.15) is 11.5 Å². The van der Waals surface area contributed by atoms with Gasteiger partial charge in [0.05, 0.1) is 46.7 Å². The van der Waals surface area contributed by atoms with Crippen LogP contribution in [-0.4, -0.2) is 46.6 Å². The first-order valence-electron chi connectivity index (χ1n) is 19.3. The predicted octanol–water partition coefficient (Wildman–Crippen LogP) is 8.44. The average Bonchev–Trinajstić information content (AvgIpc) is 3.63. The predicted molar refractivity (Wildman–Crippen MR) is 222 cm³/mol. The first kappa shape index (κ1) is 38.3. The number of aryl methyl sites for hydroxylation is 1. The Morgan fingerprint density at radius 3 is 2.20 bits per heavy atom. The molecule has 10 nitrogen and oxygen atoms in total. The highest BCUT2D eigenvalue weighted by Crippen LogP contribution is 2.64. The lowest BCUT2D eigenvalue weighted by atomic mass is 9.49. The van der Waals surface area contributed by atoms with Gasteiger partial charge in [-0.05, 0) is 103 Å². The Balaban J connectivity index is 1.16. The van der Waals surface area contributed by atoms with Crippen LogP contribution in [0.15, 0.2) is 127 Å². The third-order valence-electron chi connectivity index (χ3n) is 12.6. The molecular weight excluding hydrogens is 789 g/mol. The second-order valence-corrected chi connectivity index (χ2v) is 16.4. The van der Waals surface area contributed by atoms with Gasteiger partial charge in [-0.3, -0.25) is 34.3 Å². The summed E-state index contributed by atoms with van der Waals surface area (Å²) in [6, 6.07) is 32.2. The number of amides is 4. The van der Waals surface area contributed by atoms with Crippen LogP contribution < -0.4 is 15.1 Å². The van der Waals surface area contributed by atoms with E-state index in [4.69, 9.17) is 27.9 Å². The Labute approximate surface area is 350 Å². The van der Waals surface area contributed by atoms with Gasteiger partial charge < -0.3 is 9.84 Å². The molecule has 5 aromatic rings. The van der Waals surface area contributed by atoms with E-state index in [0.717, 1.165) is 10.6 Å². The number of ether oxygens (including phenoxy) is 1. The molecule has 9 rings (SSSR count). The number of rotatable bonds is 8. The summed E-state index contributed by atoms with van der Waals surface area (Å²) in [4.78, 5) is 74.0. The minimum atomic E-state index is -1.54. The number of carbonyl (C=O) groups excluding carboxylic acids is 5. The average molecular weight is 827 g/mol. The summed E-state index contributed by atoms with van der Waals surface area (Å²) >= 11 is 12.8. The number of nitrogens with zero attached hydrogens (tertiary/aromatic N) is 2. The monoisotopic (exact) mass is 825 g/mol. The van der Waals surface area contributed by atoms with Crippen LogP contribution in [0.3, 0.4) is 0 Å². The van der Waals surface area contributed by atoms with Crippen LogP contribution in [0.1, 0.15) is 51.4 Å². The second-order valence-electron chi connectivity index (χ2n) is 15.5. The van der Waals surface area contributed by atoms with Crippen molar-refractivity contribution in [2.24, 2.45) is 23.7 Å². The van der Waals surface area contributed by atoms with E-state index in [0.29, 0.717) is 50.0 Å². The zero-order valence-corrected chi connectivity index (χ0v) is 33.4. The number of imide groups is 2. The van der Waals surface area contributed by atoms with Crippen molar-refractivity contribution in [1.29, 1.82) is 0 Å². The van der Waals surface area contributed by atoms with E-state index in [1.54, 1.807) is 111 Å². The molecule has 0 bridgehead atoms. The second kappa shape index (κ2) is 14.5. The van der Waals surface area contributed by atoms with Gasteiger partial charge in [0.15, 0.2) is 5.78 Å². The zero-order valence-electron chi connectivity index (χ0n) is 31.9. The highest BCUT2D eigenvalue weighted by atomic mass is 35.5. The van der Waals surface area contributed by atoms with Crippen molar-refractivity contribution in [3.8, 4) is 11.5 Å². The van der Waals surface area contributed by atoms with Gasteiger partial charge in [0, 0.05) is 22.1 Å². The summed E-state index contributed by atoms with van der Waals surface area (Å²) in [7, 11) is 1.54. The van der Waals surface area contributed by atoms with Crippen molar-refractivity contribution in [3.63, 3.8) is 0 Å². The van der Waals surface area contributed by atoms with Gasteiger partial charge in [0.25, 0.3) is 11.8 Å². The molecule has 0 spiro atoms. The van der Waals surface area contributed by atoms with Crippen LogP contribution in [0.2, 0.25) is 10.0 Å². The summed E-state index contributed by atoms with van der Waals surface area (Å²) in [5.41, 5.74) is 5.58. The number of phenols is 1. The highest BCUT2D eigenvalue weighted by Gasteiger charge is 2.70. The van der Waals surface area contributed by atoms with Crippen LogP contribution in [0.5, 0.6) is 11.5 Å². The molecule has 296 valence electrons. The molecule has 4 amide bonds. The summed E-state index contributed by atoms with van der Waals surface area (Å²) < 4.78 is 5.49. The van der Waals surface area contributed by atoms with Crippen molar-refractivity contribution in [2.75, 3.05) is 17.4 Å². The van der Waals surface area contributed by atoms with Gasteiger partial charge in [-0.2, -0.15) is 5.01 Å². The fourth-order valence-electron chi connectivity index (χ4n) is 9.85. The van der Waals surface area contributed by atoms with E-state index in [2.05, 4.69) is 5.43 Å². The Hall–Kier alpha value is -6.23. The van der Waals surface area contributed by atoms with Gasteiger partial charge in [0.2, 0.25) is 11.8 Å². The molecule has 4 aliphatic rings. The van der Waals surface area contributed by atoms with Crippen LogP contribution in [0, 0.1) is 30.6 Å². The fraction of sp³-hybridized carbons (Fsp3) is 0.213. The van der Waals surface area contributed by atoms with Crippen molar-refractivity contribution in [1.82, 2.24) is 5.01 Å². The van der Waals surface area contributed by atoms with Crippen molar-refractivity contribution >= 4 is 64.0 Å². The fourth-order valence-corrected chi connectivity index (χ4v) is 10.3. The standard InChI is InChI=1S/C47H37Cl2N3O7/c1-25-22-28(10-21-39(25)53)41-33-18-19-34-40(45(57)51(43(34)55)31-14-8-27(9-15-31)42(54)26-6-4-3-5-7-26)35(33)24-36-44(56)52(50-38-20-13-30(48)23-37(38)49)46(58)47(36,41)29-11-16-32(59-2)17-12-29/h3-18,20-23,34-36,40-41,50,53H,19,24H2,1-2H3/t34-,35+,36-,40-,41-,47+/m0/s1. The van der Waals surface area contributed by atoms with E-state index < -0.39 is 52.7 Å². The van der Waals surface area contributed by atoms with E-state index >= 15 is 9.59 Å². The lowest BCUT2D eigenvalue weighted by Gasteiger charge is -2.50. The molecule has 2 aliphatic heterocycles. The number of halogens is 2. The summed E-state index contributed by atoms with van der Waals surface area (Å²) in [6.45, 7) is 1.76. The maximum absolute atomic E-state index is 15.5. The highest BCUT2D eigenvalue weighted by molar-refractivity contribution is 6.36. The Morgan fingerprint density at radius 2 is 1.53 bits per heavy atom. The zero-order chi connectivity index (χ0) is 41.3. The topological polar surface area (TPSA) is 133 Å².